The summed E-state index contributed by atoms with van der Waals surface area (Å²) in [5, 5.41) is 7.11. The molecule has 35 heavy (non-hydrogen) atoms. The second kappa shape index (κ2) is 8.73. The molecule has 3 heterocycles. The Hall–Kier alpha value is -4.44. The molecule has 0 aliphatic heterocycles. The Labute approximate surface area is 200 Å². The summed E-state index contributed by atoms with van der Waals surface area (Å²) >= 11 is 0. The molecule has 5 aromatic rings. The zero-order chi connectivity index (χ0) is 24.7. The van der Waals surface area contributed by atoms with Crippen LogP contribution in [0.25, 0.3) is 22.3 Å². The summed E-state index contributed by atoms with van der Waals surface area (Å²) in [4.78, 5) is 19.5. The lowest BCUT2D eigenvalue weighted by atomic mass is 10.2. The molecule has 0 saturated carbocycles. The van der Waals surface area contributed by atoms with Crippen LogP contribution in [0, 0.1) is 12.7 Å². The second-order valence-electron chi connectivity index (χ2n) is 8.59. The first kappa shape index (κ1) is 22.4. The number of nitrogens with one attached hydrogen (secondary N) is 1. The first-order valence-electron chi connectivity index (χ1n) is 10.9. The summed E-state index contributed by atoms with van der Waals surface area (Å²) in [7, 11) is 3.88. The highest BCUT2D eigenvalue weighted by atomic mass is 19.1. The number of amides is 1. The fourth-order valence-corrected chi connectivity index (χ4v) is 3.99. The van der Waals surface area contributed by atoms with Gasteiger partial charge >= 0.3 is 0 Å². The van der Waals surface area contributed by atoms with Crippen molar-refractivity contribution in [1.29, 1.82) is 0 Å². The summed E-state index contributed by atoms with van der Waals surface area (Å²) in [5.41, 5.74) is 9.06. The molecule has 3 N–H and O–H groups in total. The van der Waals surface area contributed by atoms with Crippen molar-refractivity contribution in [3.05, 3.63) is 84.0 Å². The monoisotopic (exact) mass is 473 g/mol. The van der Waals surface area contributed by atoms with E-state index in [-0.39, 0.29) is 11.5 Å². The second-order valence-corrected chi connectivity index (χ2v) is 8.59. The standard InChI is InChI=1S/C25H24FN7O2/c1-15-10-21(33(13-15)16-5-7-22-18(11-16)24(27)30-35-22)25(34)29-20-6-4-17(12-19(20)26)32-9-8-28-23(32)14-31(2)3/h4-13H,14H2,1-3H3,(H2,27,30)(H,29,34). The van der Waals surface area contributed by atoms with Crippen LogP contribution in [0.2, 0.25) is 0 Å². The van der Waals surface area contributed by atoms with Crippen LogP contribution in [0.3, 0.4) is 0 Å². The minimum Gasteiger partial charge on any atom is -0.380 e. The lowest BCUT2D eigenvalue weighted by Crippen LogP contribution is -2.17. The molecular weight excluding hydrogens is 449 g/mol. The lowest BCUT2D eigenvalue weighted by Gasteiger charge is -2.14. The first-order valence-corrected chi connectivity index (χ1v) is 10.9. The molecule has 2 aromatic carbocycles. The summed E-state index contributed by atoms with van der Waals surface area (Å²) in [6.07, 6.45) is 5.28. The van der Waals surface area contributed by atoms with Crippen molar-refractivity contribution in [2.75, 3.05) is 25.1 Å². The summed E-state index contributed by atoms with van der Waals surface area (Å²) in [6.45, 7) is 2.49. The van der Waals surface area contributed by atoms with E-state index in [9.17, 15) is 4.79 Å². The van der Waals surface area contributed by atoms with Gasteiger partial charge in [0, 0.05) is 36.0 Å². The number of halogens is 1. The van der Waals surface area contributed by atoms with Gasteiger partial charge in [0.15, 0.2) is 11.4 Å². The number of carbonyl (C=O) groups excluding carboxylic acids is 1. The van der Waals surface area contributed by atoms with Gasteiger partial charge in [-0.15, -0.1) is 0 Å². The summed E-state index contributed by atoms with van der Waals surface area (Å²) < 4.78 is 23.7. The predicted molar refractivity (Wildman–Crippen MR) is 131 cm³/mol. The fourth-order valence-electron chi connectivity index (χ4n) is 3.99. The average molecular weight is 474 g/mol. The molecule has 0 bridgehead atoms. The number of carbonyl (C=O) groups is 1. The van der Waals surface area contributed by atoms with Gasteiger partial charge in [0.25, 0.3) is 5.91 Å². The van der Waals surface area contributed by atoms with Crippen molar-refractivity contribution in [3.8, 4) is 11.4 Å². The molecule has 3 aromatic heterocycles. The Morgan fingerprint density at radius 1 is 1.14 bits per heavy atom. The van der Waals surface area contributed by atoms with Crippen LogP contribution < -0.4 is 11.1 Å². The van der Waals surface area contributed by atoms with Crippen LogP contribution >= 0.6 is 0 Å². The molecule has 0 aliphatic rings. The normalized spacial score (nSPS) is 11.5. The van der Waals surface area contributed by atoms with E-state index in [0.29, 0.717) is 34.6 Å². The van der Waals surface area contributed by atoms with Gasteiger partial charge in [-0.05, 0) is 63.0 Å². The minimum atomic E-state index is -0.547. The number of nitrogens with zero attached hydrogens (tertiary/aromatic N) is 5. The minimum absolute atomic E-state index is 0.0807. The maximum atomic E-state index is 15.0. The van der Waals surface area contributed by atoms with E-state index in [4.69, 9.17) is 10.3 Å². The van der Waals surface area contributed by atoms with Gasteiger partial charge < -0.3 is 29.6 Å². The number of aryl methyl sites for hydroxylation is 1. The highest BCUT2D eigenvalue weighted by Gasteiger charge is 2.18. The highest BCUT2D eigenvalue weighted by Crippen LogP contribution is 2.26. The molecule has 1 amide bonds. The Bertz CT molecular complexity index is 1550. The maximum Gasteiger partial charge on any atom is 0.272 e. The van der Waals surface area contributed by atoms with E-state index in [1.807, 2.05) is 36.7 Å². The SMILES string of the molecule is Cc1cc(C(=O)Nc2ccc(-n3ccnc3CN(C)C)cc2F)n(-c2ccc3onc(N)c3c2)c1. The molecule has 0 atom stereocenters. The average Bonchev–Trinajstić information content (AvgIpc) is 3.53. The molecule has 5 rings (SSSR count). The Morgan fingerprint density at radius 3 is 2.69 bits per heavy atom. The van der Waals surface area contributed by atoms with Crippen molar-refractivity contribution < 1.29 is 13.7 Å². The van der Waals surface area contributed by atoms with Crippen molar-refractivity contribution in [2.24, 2.45) is 0 Å². The number of nitrogens with two attached hydrogens (primary N) is 1. The van der Waals surface area contributed by atoms with Gasteiger partial charge in [-0.25, -0.2) is 9.37 Å². The third kappa shape index (κ3) is 4.26. The fraction of sp³-hybridized carbons (Fsp3) is 0.160. The van der Waals surface area contributed by atoms with Crippen LogP contribution in [-0.2, 0) is 6.54 Å². The molecule has 178 valence electrons. The Morgan fingerprint density at radius 2 is 1.91 bits per heavy atom. The van der Waals surface area contributed by atoms with E-state index in [0.717, 1.165) is 11.4 Å². The van der Waals surface area contributed by atoms with Crippen molar-refractivity contribution in [2.45, 2.75) is 13.5 Å². The maximum absolute atomic E-state index is 15.0. The van der Waals surface area contributed by atoms with E-state index < -0.39 is 11.7 Å². The molecule has 0 unspecified atom stereocenters. The smallest absolute Gasteiger partial charge is 0.272 e. The molecule has 9 nitrogen and oxygen atoms in total. The topological polar surface area (TPSA) is 107 Å². The van der Waals surface area contributed by atoms with E-state index >= 15 is 4.39 Å². The van der Waals surface area contributed by atoms with E-state index in [1.165, 1.54) is 6.07 Å². The van der Waals surface area contributed by atoms with Crippen LogP contribution in [-0.4, -0.2) is 44.2 Å². The Balaban J connectivity index is 1.43. The number of benzene rings is 2. The number of imidazole rings is 1. The van der Waals surface area contributed by atoms with Gasteiger partial charge in [0.2, 0.25) is 0 Å². The van der Waals surface area contributed by atoms with E-state index in [1.54, 1.807) is 53.4 Å². The number of hydrogen-bond donors (Lipinski definition) is 2. The molecule has 0 spiro atoms. The highest BCUT2D eigenvalue weighted by molar-refractivity contribution is 6.04. The van der Waals surface area contributed by atoms with Crippen LogP contribution in [0.5, 0.6) is 0 Å². The van der Waals surface area contributed by atoms with Gasteiger partial charge in [0.05, 0.1) is 17.6 Å². The third-order valence-corrected chi connectivity index (χ3v) is 5.60. The number of rotatable bonds is 6. The Kier molecular flexibility index (Phi) is 5.58. The number of fused-ring (bicyclic) bond motifs is 1. The zero-order valence-corrected chi connectivity index (χ0v) is 19.5. The van der Waals surface area contributed by atoms with Crippen molar-refractivity contribution in [1.82, 2.24) is 24.2 Å². The quantitative estimate of drug-likeness (QED) is 0.384. The van der Waals surface area contributed by atoms with Gasteiger partial charge in [-0.1, -0.05) is 5.16 Å². The number of aromatic nitrogens is 4. The van der Waals surface area contributed by atoms with Gasteiger partial charge in [0.1, 0.15) is 17.3 Å². The number of hydrogen-bond acceptors (Lipinski definition) is 6. The number of anilines is 2. The molecule has 0 fully saturated rings. The summed E-state index contributed by atoms with van der Waals surface area (Å²) in [5.74, 6) is 0.0587. The van der Waals surface area contributed by atoms with Crippen molar-refractivity contribution >= 4 is 28.4 Å². The first-order chi connectivity index (χ1) is 16.8. The summed E-state index contributed by atoms with van der Waals surface area (Å²) in [6, 6.07) is 11.7. The largest absolute Gasteiger partial charge is 0.380 e. The van der Waals surface area contributed by atoms with Crippen LogP contribution in [0.4, 0.5) is 15.9 Å². The number of nitrogen functional groups attached to an aromatic ring is 1. The van der Waals surface area contributed by atoms with Gasteiger partial charge in [-0.3, -0.25) is 4.79 Å². The molecule has 0 saturated heterocycles. The third-order valence-electron chi connectivity index (χ3n) is 5.60. The van der Waals surface area contributed by atoms with E-state index in [2.05, 4.69) is 15.5 Å². The molecule has 0 aliphatic carbocycles. The van der Waals surface area contributed by atoms with Crippen LogP contribution in [0.15, 0.2) is 65.6 Å². The lowest BCUT2D eigenvalue weighted by molar-refractivity contribution is 0.102. The molecule has 10 heteroatoms. The predicted octanol–water partition coefficient (Wildman–Crippen LogP) is 4.15. The zero-order valence-electron chi connectivity index (χ0n) is 19.5. The molecular formula is C25H24FN7O2. The molecule has 0 radical (unpaired) electrons. The van der Waals surface area contributed by atoms with Gasteiger partial charge in [-0.2, -0.15) is 0 Å². The van der Waals surface area contributed by atoms with Crippen LogP contribution in [0.1, 0.15) is 21.9 Å². The van der Waals surface area contributed by atoms with Crippen molar-refractivity contribution in [3.63, 3.8) is 0 Å².